The van der Waals surface area contributed by atoms with Crippen molar-refractivity contribution in [1.29, 1.82) is 0 Å². The van der Waals surface area contributed by atoms with E-state index in [0.717, 1.165) is 57.4 Å². The van der Waals surface area contributed by atoms with E-state index in [-0.39, 0.29) is 24.0 Å². The van der Waals surface area contributed by atoms with Crippen molar-refractivity contribution in [3.63, 3.8) is 0 Å². The molecular weight excluding hydrogens is 525 g/mol. The third-order valence-corrected chi connectivity index (χ3v) is 5.89. The molecule has 1 aliphatic rings. The molecular formula is C26H34IN5O. The van der Waals surface area contributed by atoms with Crippen molar-refractivity contribution in [2.75, 3.05) is 33.3 Å². The van der Waals surface area contributed by atoms with E-state index >= 15 is 0 Å². The van der Waals surface area contributed by atoms with Gasteiger partial charge in [-0.25, -0.2) is 4.98 Å². The molecule has 1 saturated heterocycles. The van der Waals surface area contributed by atoms with Crippen LogP contribution in [0.4, 0.5) is 0 Å². The van der Waals surface area contributed by atoms with Crippen LogP contribution in [0.2, 0.25) is 0 Å². The summed E-state index contributed by atoms with van der Waals surface area (Å²) in [5, 5.41) is 3.52. The molecule has 1 fully saturated rings. The molecule has 1 aromatic heterocycles. The normalized spacial score (nSPS) is 16.0. The lowest BCUT2D eigenvalue weighted by molar-refractivity contribution is 0.0907. The molecule has 1 aliphatic heterocycles. The van der Waals surface area contributed by atoms with Gasteiger partial charge in [0.1, 0.15) is 5.82 Å². The molecule has 176 valence electrons. The second kappa shape index (κ2) is 13.3. The molecule has 4 rings (SSSR count). The molecule has 0 saturated carbocycles. The highest BCUT2D eigenvalue weighted by Gasteiger charge is 2.25. The fourth-order valence-corrected chi connectivity index (χ4v) is 4.19. The van der Waals surface area contributed by atoms with Crippen molar-refractivity contribution in [3.8, 4) is 0 Å². The van der Waals surface area contributed by atoms with E-state index < -0.39 is 0 Å². The number of aliphatic imine (C=N–C) groups is 1. The van der Waals surface area contributed by atoms with Crippen LogP contribution in [-0.4, -0.2) is 53.7 Å². The molecule has 1 unspecified atom stereocenters. The van der Waals surface area contributed by atoms with Gasteiger partial charge in [0.15, 0.2) is 5.96 Å². The van der Waals surface area contributed by atoms with Crippen LogP contribution >= 0.6 is 24.0 Å². The fraction of sp³-hybridized carbons (Fsp3) is 0.385. The number of nitrogens with one attached hydrogen (secondary N) is 1. The van der Waals surface area contributed by atoms with E-state index in [4.69, 9.17) is 4.74 Å². The van der Waals surface area contributed by atoms with Crippen molar-refractivity contribution in [2.45, 2.75) is 26.0 Å². The Morgan fingerprint density at radius 3 is 2.55 bits per heavy atom. The summed E-state index contributed by atoms with van der Waals surface area (Å²) in [5.74, 6) is 2.60. The number of likely N-dealkylation sites (tertiary alicyclic amines) is 1. The zero-order valence-corrected chi connectivity index (χ0v) is 21.6. The van der Waals surface area contributed by atoms with Gasteiger partial charge in [0.05, 0.1) is 13.2 Å². The van der Waals surface area contributed by atoms with Gasteiger partial charge in [-0.3, -0.25) is 4.99 Å². The van der Waals surface area contributed by atoms with E-state index in [0.29, 0.717) is 12.5 Å². The average molecular weight is 559 g/mol. The molecule has 0 amide bonds. The lowest BCUT2D eigenvalue weighted by Crippen LogP contribution is -2.41. The van der Waals surface area contributed by atoms with Gasteiger partial charge < -0.3 is 19.5 Å². The minimum Gasteiger partial charge on any atom is -0.376 e. The summed E-state index contributed by atoms with van der Waals surface area (Å²) in [6.07, 6.45) is 5.93. The summed E-state index contributed by atoms with van der Waals surface area (Å²) >= 11 is 0. The molecule has 0 aliphatic carbocycles. The van der Waals surface area contributed by atoms with Crippen LogP contribution in [0.25, 0.3) is 0 Å². The second-order valence-electron chi connectivity index (χ2n) is 8.28. The zero-order chi connectivity index (χ0) is 22.0. The lowest BCUT2D eigenvalue weighted by Gasteiger charge is -2.22. The van der Waals surface area contributed by atoms with Crippen LogP contribution in [0.5, 0.6) is 0 Å². The third kappa shape index (κ3) is 7.57. The van der Waals surface area contributed by atoms with E-state index in [2.05, 4.69) is 79.5 Å². The number of hydrogen-bond acceptors (Lipinski definition) is 3. The molecule has 0 bridgehead atoms. The van der Waals surface area contributed by atoms with E-state index in [1.807, 2.05) is 25.4 Å². The summed E-state index contributed by atoms with van der Waals surface area (Å²) in [4.78, 5) is 11.4. The molecule has 7 heteroatoms. The highest BCUT2D eigenvalue weighted by molar-refractivity contribution is 14.0. The number of guanidine groups is 1. The van der Waals surface area contributed by atoms with Crippen LogP contribution in [0.15, 0.2) is 78.0 Å². The quantitative estimate of drug-likeness (QED) is 0.243. The Morgan fingerprint density at radius 1 is 1.09 bits per heavy atom. The number of imidazole rings is 1. The van der Waals surface area contributed by atoms with Gasteiger partial charge in [0.2, 0.25) is 0 Å². The maximum atomic E-state index is 5.96. The second-order valence-corrected chi connectivity index (χ2v) is 8.28. The molecule has 1 atom stereocenters. The third-order valence-electron chi connectivity index (χ3n) is 5.89. The Bertz CT molecular complexity index is 977. The molecule has 2 aromatic carbocycles. The van der Waals surface area contributed by atoms with E-state index in [1.54, 1.807) is 0 Å². The van der Waals surface area contributed by atoms with Gasteiger partial charge in [-0.15, -0.1) is 24.0 Å². The predicted molar refractivity (Wildman–Crippen MR) is 144 cm³/mol. The summed E-state index contributed by atoms with van der Waals surface area (Å²) in [5.41, 5.74) is 2.51. The Morgan fingerprint density at radius 2 is 1.82 bits per heavy atom. The highest BCUT2D eigenvalue weighted by Crippen LogP contribution is 2.17. The van der Waals surface area contributed by atoms with Crippen molar-refractivity contribution >= 4 is 29.9 Å². The largest absolute Gasteiger partial charge is 0.376 e. The summed E-state index contributed by atoms with van der Waals surface area (Å²) < 4.78 is 8.18. The minimum absolute atomic E-state index is 0. The van der Waals surface area contributed by atoms with Crippen LogP contribution < -0.4 is 5.32 Å². The monoisotopic (exact) mass is 559 g/mol. The highest BCUT2D eigenvalue weighted by atomic mass is 127. The first-order valence-corrected chi connectivity index (χ1v) is 11.4. The summed E-state index contributed by atoms with van der Waals surface area (Å²) in [6.45, 7) is 5.13. The fourth-order valence-electron chi connectivity index (χ4n) is 4.19. The number of nitrogens with zero attached hydrogens (tertiary/aromatic N) is 4. The number of hydrogen-bond donors (Lipinski definition) is 1. The van der Waals surface area contributed by atoms with Gasteiger partial charge in [-0.05, 0) is 17.5 Å². The minimum atomic E-state index is 0. The molecule has 1 N–H and O–H groups in total. The van der Waals surface area contributed by atoms with Gasteiger partial charge in [0, 0.05) is 58.0 Å². The molecule has 2 heterocycles. The van der Waals surface area contributed by atoms with Crippen LogP contribution in [0.1, 0.15) is 23.4 Å². The van der Waals surface area contributed by atoms with Gasteiger partial charge in [0.25, 0.3) is 0 Å². The van der Waals surface area contributed by atoms with E-state index in [1.165, 1.54) is 11.1 Å². The number of benzene rings is 2. The number of rotatable bonds is 9. The van der Waals surface area contributed by atoms with Crippen LogP contribution in [-0.2, 0) is 24.3 Å². The lowest BCUT2D eigenvalue weighted by atomic mass is 10.1. The maximum Gasteiger partial charge on any atom is 0.193 e. The smallest absolute Gasteiger partial charge is 0.193 e. The van der Waals surface area contributed by atoms with Gasteiger partial charge in [-0.2, -0.15) is 0 Å². The first-order chi connectivity index (χ1) is 15.8. The predicted octanol–water partition coefficient (Wildman–Crippen LogP) is 4.21. The molecule has 0 radical (unpaired) electrons. The standard InChI is InChI=1S/C26H33N5O.HI/c1-27-26(31-16-13-24(19-31)21-32-20-23-10-6-3-7-11-23)29-14-12-25-28-15-17-30(25)18-22-8-4-2-5-9-22;/h2-11,15,17,24H,12-14,16,18-21H2,1H3,(H,27,29);1H. The molecule has 33 heavy (non-hydrogen) atoms. The van der Waals surface area contributed by atoms with Crippen molar-refractivity contribution in [3.05, 3.63) is 90.0 Å². The Kier molecular flexibility index (Phi) is 10.2. The summed E-state index contributed by atoms with van der Waals surface area (Å²) in [7, 11) is 1.86. The molecule has 3 aromatic rings. The molecule has 6 nitrogen and oxygen atoms in total. The van der Waals surface area contributed by atoms with Crippen molar-refractivity contribution < 1.29 is 4.74 Å². The number of halogens is 1. The Balaban J connectivity index is 0.00000306. The first-order valence-electron chi connectivity index (χ1n) is 11.4. The number of ether oxygens (including phenoxy) is 1. The first kappa shape index (κ1) is 25.2. The zero-order valence-electron chi connectivity index (χ0n) is 19.3. The molecule has 0 spiro atoms. The Labute approximate surface area is 214 Å². The topological polar surface area (TPSA) is 54.7 Å². The van der Waals surface area contributed by atoms with Crippen LogP contribution in [0.3, 0.4) is 0 Å². The Hall–Kier alpha value is -2.39. The average Bonchev–Trinajstić information content (AvgIpc) is 3.48. The summed E-state index contributed by atoms with van der Waals surface area (Å²) in [6, 6.07) is 20.9. The van der Waals surface area contributed by atoms with Crippen LogP contribution in [0, 0.1) is 5.92 Å². The van der Waals surface area contributed by atoms with E-state index in [9.17, 15) is 0 Å². The number of aromatic nitrogens is 2. The van der Waals surface area contributed by atoms with Crippen molar-refractivity contribution in [1.82, 2.24) is 19.8 Å². The SMILES string of the molecule is CN=C(NCCc1nccn1Cc1ccccc1)N1CCC(COCc2ccccc2)C1.I. The van der Waals surface area contributed by atoms with Gasteiger partial charge in [-0.1, -0.05) is 60.7 Å². The van der Waals surface area contributed by atoms with Gasteiger partial charge >= 0.3 is 0 Å². The van der Waals surface area contributed by atoms with Crippen molar-refractivity contribution in [2.24, 2.45) is 10.9 Å². The maximum absolute atomic E-state index is 5.96.